The highest BCUT2D eigenvalue weighted by Crippen LogP contribution is 2.24. The van der Waals surface area contributed by atoms with Gasteiger partial charge in [-0.25, -0.2) is 9.59 Å². The molecule has 2 aromatic carbocycles. The third-order valence-electron chi connectivity index (χ3n) is 3.29. The fourth-order valence-electron chi connectivity index (χ4n) is 2.39. The van der Waals surface area contributed by atoms with Gasteiger partial charge in [0.25, 0.3) is 0 Å². The molecule has 3 aromatic rings. The minimum absolute atomic E-state index is 0.437. The average Bonchev–Trinajstić information content (AvgIpc) is 2.77. The number of aromatic nitrogens is 2. The van der Waals surface area contributed by atoms with E-state index < -0.39 is 17.7 Å². The number of carboxylic acid groups (broad SMARTS) is 1. The first-order valence-electron chi connectivity index (χ1n) is 6.25. The van der Waals surface area contributed by atoms with Crippen LogP contribution in [0.2, 0.25) is 5.02 Å². The molecule has 0 saturated heterocycles. The monoisotopic (exact) mass is 302 g/mol. The molecule has 1 unspecified atom stereocenters. The molecule has 0 aliphatic heterocycles. The second-order valence-electron chi connectivity index (χ2n) is 4.61. The highest BCUT2D eigenvalue weighted by Gasteiger charge is 2.25. The standard InChI is InChI=1S/C15H11ClN2O3/c16-10-6-7-11-12(8-10)18(15(21)17-11)13(14(19)20)9-4-2-1-3-5-9/h1-8,13H,(H,17,21)(H,19,20). The summed E-state index contributed by atoms with van der Waals surface area (Å²) in [6.07, 6.45) is 0. The van der Waals surface area contributed by atoms with E-state index in [1.165, 1.54) is 4.57 Å². The lowest BCUT2D eigenvalue weighted by molar-refractivity contribution is -0.139. The van der Waals surface area contributed by atoms with Gasteiger partial charge in [-0.2, -0.15) is 0 Å². The number of carboxylic acids is 1. The molecule has 6 heteroatoms. The van der Waals surface area contributed by atoms with Crippen LogP contribution in [0.5, 0.6) is 0 Å². The first kappa shape index (κ1) is 13.5. The van der Waals surface area contributed by atoms with Crippen molar-refractivity contribution in [2.24, 2.45) is 0 Å². The molecular formula is C15H11ClN2O3. The van der Waals surface area contributed by atoms with Gasteiger partial charge in [-0.3, -0.25) is 4.57 Å². The number of imidazole rings is 1. The molecule has 3 rings (SSSR count). The number of aliphatic carboxylic acids is 1. The number of nitrogens with one attached hydrogen (secondary N) is 1. The van der Waals surface area contributed by atoms with Gasteiger partial charge < -0.3 is 10.1 Å². The summed E-state index contributed by atoms with van der Waals surface area (Å²) in [5.41, 5.74) is 1.05. The Bertz CT molecular complexity index is 868. The molecule has 0 amide bonds. The summed E-state index contributed by atoms with van der Waals surface area (Å²) in [5, 5.41) is 9.98. The van der Waals surface area contributed by atoms with E-state index in [1.54, 1.807) is 48.5 Å². The fourth-order valence-corrected chi connectivity index (χ4v) is 2.55. The van der Waals surface area contributed by atoms with E-state index in [9.17, 15) is 14.7 Å². The number of aromatic amines is 1. The number of halogens is 1. The van der Waals surface area contributed by atoms with Gasteiger partial charge in [-0.15, -0.1) is 0 Å². The van der Waals surface area contributed by atoms with Crippen LogP contribution < -0.4 is 5.69 Å². The number of benzene rings is 2. The molecule has 0 fully saturated rings. The largest absolute Gasteiger partial charge is 0.479 e. The van der Waals surface area contributed by atoms with Crippen LogP contribution in [0, 0.1) is 0 Å². The van der Waals surface area contributed by atoms with E-state index in [4.69, 9.17) is 11.6 Å². The van der Waals surface area contributed by atoms with E-state index in [2.05, 4.69) is 4.98 Å². The summed E-state index contributed by atoms with van der Waals surface area (Å²) in [5.74, 6) is -1.11. The maximum atomic E-state index is 12.2. The van der Waals surface area contributed by atoms with Crippen LogP contribution in [0.1, 0.15) is 11.6 Å². The van der Waals surface area contributed by atoms with Crippen molar-refractivity contribution in [2.45, 2.75) is 6.04 Å². The quantitative estimate of drug-likeness (QED) is 0.781. The average molecular weight is 303 g/mol. The molecule has 0 aliphatic carbocycles. The van der Waals surface area contributed by atoms with Crippen molar-refractivity contribution in [3.05, 3.63) is 69.6 Å². The Hall–Kier alpha value is -2.53. The van der Waals surface area contributed by atoms with E-state index in [0.29, 0.717) is 21.6 Å². The summed E-state index contributed by atoms with van der Waals surface area (Å²) in [7, 11) is 0. The molecule has 2 N–H and O–H groups in total. The number of fused-ring (bicyclic) bond motifs is 1. The number of rotatable bonds is 3. The van der Waals surface area contributed by atoms with Crippen LogP contribution in [0.15, 0.2) is 53.3 Å². The Labute approximate surface area is 124 Å². The number of hydrogen-bond acceptors (Lipinski definition) is 2. The van der Waals surface area contributed by atoms with E-state index in [0.717, 1.165) is 0 Å². The van der Waals surface area contributed by atoms with Crippen molar-refractivity contribution in [1.29, 1.82) is 0 Å². The lowest BCUT2D eigenvalue weighted by Gasteiger charge is -2.14. The van der Waals surface area contributed by atoms with Crippen molar-refractivity contribution in [3.8, 4) is 0 Å². The van der Waals surface area contributed by atoms with Crippen molar-refractivity contribution in [3.63, 3.8) is 0 Å². The third kappa shape index (κ3) is 2.32. The number of hydrogen-bond donors (Lipinski definition) is 2. The topological polar surface area (TPSA) is 75.1 Å². The summed E-state index contributed by atoms with van der Waals surface area (Å²) in [4.78, 5) is 26.5. The van der Waals surface area contributed by atoms with Crippen molar-refractivity contribution < 1.29 is 9.90 Å². The predicted octanol–water partition coefficient (Wildman–Crippen LogP) is 2.66. The summed E-state index contributed by atoms with van der Waals surface area (Å²) < 4.78 is 1.21. The third-order valence-corrected chi connectivity index (χ3v) is 3.52. The minimum atomic E-state index is -1.11. The maximum Gasteiger partial charge on any atom is 0.331 e. The lowest BCUT2D eigenvalue weighted by Crippen LogP contribution is -2.28. The maximum absolute atomic E-state index is 12.2. The molecule has 0 spiro atoms. The summed E-state index contributed by atoms with van der Waals surface area (Å²) in [6, 6.07) is 12.4. The number of nitrogens with zero attached hydrogens (tertiary/aromatic N) is 1. The van der Waals surface area contributed by atoms with Gasteiger partial charge in [-0.05, 0) is 23.8 Å². The SMILES string of the molecule is O=C(O)C(c1ccccc1)n1c(=O)[nH]c2ccc(Cl)cc21. The first-order valence-corrected chi connectivity index (χ1v) is 6.63. The summed E-state index contributed by atoms with van der Waals surface area (Å²) >= 11 is 5.95. The molecular weight excluding hydrogens is 292 g/mol. The predicted molar refractivity (Wildman–Crippen MR) is 79.8 cm³/mol. The van der Waals surface area contributed by atoms with Crippen molar-refractivity contribution >= 4 is 28.6 Å². The van der Waals surface area contributed by atoms with Gasteiger partial charge in [0.1, 0.15) is 0 Å². The van der Waals surface area contributed by atoms with E-state index in [-0.39, 0.29) is 0 Å². The van der Waals surface area contributed by atoms with Crippen LogP contribution >= 0.6 is 11.6 Å². The molecule has 0 bridgehead atoms. The minimum Gasteiger partial charge on any atom is -0.479 e. The molecule has 5 nitrogen and oxygen atoms in total. The van der Waals surface area contributed by atoms with Gasteiger partial charge in [0.05, 0.1) is 11.0 Å². The molecule has 0 aliphatic rings. The first-order chi connectivity index (χ1) is 10.1. The van der Waals surface area contributed by atoms with Gasteiger partial charge in [0.2, 0.25) is 0 Å². The normalized spacial score (nSPS) is 12.4. The van der Waals surface area contributed by atoms with Crippen molar-refractivity contribution in [2.75, 3.05) is 0 Å². The number of H-pyrrole nitrogens is 1. The lowest BCUT2D eigenvalue weighted by atomic mass is 10.1. The highest BCUT2D eigenvalue weighted by molar-refractivity contribution is 6.31. The van der Waals surface area contributed by atoms with Crippen LogP contribution in [-0.2, 0) is 4.79 Å². The van der Waals surface area contributed by atoms with Crippen molar-refractivity contribution in [1.82, 2.24) is 9.55 Å². The van der Waals surface area contributed by atoms with Gasteiger partial charge in [0.15, 0.2) is 6.04 Å². The van der Waals surface area contributed by atoms with Gasteiger partial charge in [-0.1, -0.05) is 41.9 Å². The Kier molecular flexibility index (Phi) is 3.27. The molecule has 1 heterocycles. The molecule has 1 atom stereocenters. The second kappa shape index (κ2) is 5.10. The molecule has 0 radical (unpaired) electrons. The van der Waals surface area contributed by atoms with Crippen LogP contribution in [0.3, 0.4) is 0 Å². The van der Waals surface area contributed by atoms with Gasteiger partial charge >= 0.3 is 11.7 Å². The smallest absolute Gasteiger partial charge is 0.331 e. The number of carbonyl (C=O) groups is 1. The van der Waals surface area contributed by atoms with Gasteiger partial charge in [0, 0.05) is 5.02 Å². The van der Waals surface area contributed by atoms with E-state index in [1.807, 2.05) is 0 Å². The Morgan fingerprint density at radius 3 is 2.57 bits per heavy atom. The second-order valence-corrected chi connectivity index (χ2v) is 5.05. The Morgan fingerprint density at radius 2 is 1.90 bits per heavy atom. The fraction of sp³-hybridized carbons (Fsp3) is 0.0667. The van der Waals surface area contributed by atoms with Crippen LogP contribution in [-0.4, -0.2) is 20.6 Å². The van der Waals surface area contributed by atoms with E-state index >= 15 is 0 Å². The highest BCUT2D eigenvalue weighted by atomic mass is 35.5. The molecule has 21 heavy (non-hydrogen) atoms. The van der Waals surface area contributed by atoms with Crippen LogP contribution in [0.25, 0.3) is 11.0 Å². The Morgan fingerprint density at radius 1 is 1.19 bits per heavy atom. The summed E-state index contributed by atoms with van der Waals surface area (Å²) in [6.45, 7) is 0. The molecule has 0 saturated carbocycles. The zero-order chi connectivity index (χ0) is 15.0. The zero-order valence-electron chi connectivity index (χ0n) is 10.8. The van der Waals surface area contributed by atoms with Crippen LogP contribution in [0.4, 0.5) is 0 Å². The zero-order valence-corrected chi connectivity index (χ0v) is 11.5. The molecule has 1 aromatic heterocycles. The Balaban J connectivity index is 2.30. The molecule has 106 valence electrons.